The van der Waals surface area contributed by atoms with Gasteiger partial charge in [-0.3, -0.25) is 0 Å². The van der Waals surface area contributed by atoms with E-state index in [1.165, 1.54) is 0 Å². The summed E-state index contributed by atoms with van der Waals surface area (Å²) in [4.78, 5) is 0. The Labute approximate surface area is 128 Å². The molecule has 0 radical (unpaired) electrons. The molecule has 1 rings (SSSR count). The molecule has 0 bridgehead atoms. The van der Waals surface area contributed by atoms with E-state index in [-0.39, 0.29) is 0 Å². The fourth-order valence-corrected chi connectivity index (χ4v) is 2.00. The van der Waals surface area contributed by atoms with E-state index in [2.05, 4.69) is 5.32 Å². The molecule has 0 saturated carbocycles. The molecule has 0 spiro atoms. The topological polar surface area (TPSA) is 50.7 Å². The zero-order chi connectivity index (χ0) is 15.5. The summed E-state index contributed by atoms with van der Waals surface area (Å²) >= 11 is 0. The van der Waals surface area contributed by atoms with Crippen molar-refractivity contribution in [2.45, 2.75) is 45.8 Å². The van der Waals surface area contributed by atoms with Crippen LogP contribution in [0.2, 0.25) is 0 Å². The van der Waals surface area contributed by atoms with Gasteiger partial charge in [0.15, 0.2) is 0 Å². The van der Waals surface area contributed by atoms with Crippen molar-refractivity contribution in [1.82, 2.24) is 5.32 Å². The lowest BCUT2D eigenvalue weighted by molar-refractivity contribution is 0.0769. The maximum absolute atomic E-state index is 10.1. The summed E-state index contributed by atoms with van der Waals surface area (Å²) in [5.41, 5.74) is 0.934. The first-order valence-electron chi connectivity index (χ1n) is 7.86. The smallest absolute Gasteiger partial charge is 0.119 e. The molecule has 0 aliphatic carbocycles. The number of ether oxygens (including phenoxy) is 2. The molecule has 0 saturated heterocycles. The Bertz CT molecular complexity index is 365. The van der Waals surface area contributed by atoms with Gasteiger partial charge in [0.2, 0.25) is 0 Å². The van der Waals surface area contributed by atoms with Crippen LogP contribution in [0.1, 0.15) is 45.3 Å². The second kappa shape index (κ2) is 10.6. The minimum Gasteiger partial charge on any atom is -0.494 e. The Morgan fingerprint density at radius 1 is 1.14 bits per heavy atom. The molecule has 0 aliphatic rings. The third-order valence-electron chi connectivity index (χ3n) is 3.12. The van der Waals surface area contributed by atoms with Crippen LogP contribution in [0.15, 0.2) is 24.3 Å². The van der Waals surface area contributed by atoms with Gasteiger partial charge >= 0.3 is 0 Å². The van der Waals surface area contributed by atoms with Crippen molar-refractivity contribution in [3.05, 3.63) is 29.8 Å². The van der Waals surface area contributed by atoms with Crippen LogP contribution in [0.4, 0.5) is 0 Å². The molecular formula is C17H29NO3. The first-order valence-corrected chi connectivity index (χ1v) is 7.86. The molecule has 1 aromatic rings. The molecule has 1 atom stereocenters. The number of benzene rings is 1. The summed E-state index contributed by atoms with van der Waals surface area (Å²) in [6, 6.07) is 7.65. The van der Waals surface area contributed by atoms with E-state index in [1.54, 1.807) is 0 Å². The summed E-state index contributed by atoms with van der Waals surface area (Å²) in [5.74, 6) is 0.844. The van der Waals surface area contributed by atoms with Crippen molar-refractivity contribution < 1.29 is 14.6 Å². The monoisotopic (exact) mass is 295 g/mol. The zero-order valence-electron chi connectivity index (χ0n) is 13.5. The van der Waals surface area contributed by atoms with Gasteiger partial charge in [-0.1, -0.05) is 12.1 Å². The molecule has 0 fully saturated rings. The molecular weight excluding hydrogens is 266 g/mol. The van der Waals surface area contributed by atoms with Crippen LogP contribution in [0.5, 0.6) is 5.75 Å². The van der Waals surface area contributed by atoms with Crippen LogP contribution in [-0.4, -0.2) is 37.5 Å². The lowest BCUT2D eigenvalue weighted by Gasteiger charge is -2.13. The second-order valence-corrected chi connectivity index (χ2v) is 5.33. The van der Waals surface area contributed by atoms with Gasteiger partial charge < -0.3 is 19.9 Å². The molecule has 0 aliphatic heterocycles. The van der Waals surface area contributed by atoms with Crippen molar-refractivity contribution in [2.24, 2.45) is 0 Å². The Kier molecular flexibility index (Phi) is 9.06. The van der Waals surface area contributed by atoms with Crippen LogP contribution < -0.4 is 10.1 Å². The van der Waals surface area contributed by atoms with Gasteiger partial charge in [-0.25, -0.2) is 0 Å². The highest BCUT2D eigenvalue weighted by atomic mass is 16.5. The summed E-state index contributed by atoms with van der Waals surface area (Å²) in [6.45, 7) is 9.21. The fraction of sp³-hybridized carbons (Fsp3) is 0.647. The highest BCUT2D eigenvalue weighted by Gasteiger charge is 2.07. The van der Waals surface area contributed by atoms with Gasteiger partial charge in [0.05, 0.1) is 18.8 Å². The summed E-state index contributed by atoms with van der Waals surface area (Å²) in [5, 5.41) is 13.4. The summed E-state index contributed by atoms with van der Waals surface area (Å²) in [7, 11) is 0. The molecule has 4 nitrogen and oxygen atoms in total. The standard InChI is InChI=1S/C17H29NO3/c1-4-20-16-8-6-15(7-9-16)17(19)10-12-18-11-5-13-21-14(2)3/h6-9,14,17-19H,4-5,10-13H2,1-3H3. The minimum absolute atomic E-state index is 0.298. The molecule has 1 unspecified atom stereocenters. The van der Waals surface area contributed by atoms with Crippen LogP contribution in [0, 0.1) is 0 Å². The lowest BCUT2D eigenvalue weighted by atomic mass is 10.1. The average Bonchev–Trinajstić information content (AvgIpc) is 2.47. The maximum atomic E-state index is 10.1. The van der Waals surface area contributed by atoms with E-state index in [4.69, 9.17) is 9.47 Å². The van der Waals surface area contributed by atoms with E-state index in [0.29, 0.717) is 19.1 Å². The van der Waals surface area contributed by atoms with Gasteiger partial charge in [-0.15, -0.1) is 0 Å². The maximum Gasteiger partial charge on any atom is 0.119 e. The molecule has 0 amide bonds. The quantitative estimate of drug-likeness (QED) is 0.616. The van der Waals surface area contributed by atoms with Crippen LogP contribution in [-0.2, 0) is 4.74 Å². The number of hydrogen-bond donors (Lipinski definition) is 2. The first kappa shape index (κ1) is 18.0. The molecule has 0 heterocycles. The predicted octanol–water partition coefficient (Wildman–Crippen LogP) is 2.91. The molecule has 120 valence electrons. The summed E-state index contributed by atoms with van der Waals surface area (Å²) < 4.78 is 10.9. The Hall–Kier alpha value is -1.10. The summed E-state index contributed by atoms with van der Waals surface area (Å²) in [6.07, 6.45) is 1.57. The largest absolute Gasteiger partial charge is 0.494 e. The Balaban J connectivity index is 2.14. The lowest BCUT2D eigenvalue weighted by Crippen LogP contribution is -2.20. The highest BCUT2D eigenvalue weighted by Crippen LogP contribution is 2.19. The van der Waals surface area contributed by atoms with Crippen molar-refractivity contribution in [1.29, 1.82) is 0 Å². The average molecular weight is 295 g/mol. The van der Waals surface area contributed by atoms with Gasteiger partial charge in [-0.05, 0) is 64.4 Å². The van der Waals surface area contributed by atoms with Crippen molar-refractivity contribution >= 4 is 0 Å². The normalized spacial score (nSPS) is 12.6. The van der Waals surface area contributed by atoms with E-state index in [9.17, 15) is 5.11 Å². The first-order chi connectivity index (χ1) is 10.1. The van der Waals surface area contributed by atoms with Crippen LogP contribution in [0.25, 0.3) is 0 Å². The minimum atomic E-state index is -0.430. The predicted molar refractivity (Wildman–Crippen MR) is 85.8 cm³/mol. The third kappa shape index (κ3) is 8.05. The molecule has 1 aromatic carbocycles. The van der Waals surface area contributed by atoms with Gasteiger partial charge in [-0.2, -0.15) is 0 Å². The van der Waals surface area contributed by atoms with Crippen LogP contribution in [0.3, 0.4) is 0 Å². The number of aliphatic hydroxyl groups is 1. The van der Waals surface area contributed by atoms with Crippen LogP contribution >= 0.6 is 0 Å². The molecule has 2 N–H and O–H groups in total. The molecule has 0 aromatic heterocycles. The van der Waals surface area contributed by atoms with E-state index >= 15 is 0 Å². The highest BCUT2D eigenvalue weighted by molar-refractivity contribution is 5.28. The number of nitrogens with one attached hydrogen (secondary N) is 1. The van der Waals surface area contributed by atoms with E-state index in [0.717, 1.165) is 37.4 Å². The Morgan fingerprint density at radius 2 is 1.86 bits per heavy atom. The zero-order valence-corrected chi connectivity index (χ0v) is 13.5. The fourth-order valence-electron chi connectivity index (χ4n) is 2.00. The van der Waals surface area contributed by atoms with Gasteiger partial charge in [0.25, 0.3) is 0 Å². The van der Waals surface area contributed by atoms with Crippen molar-refractivity contribution in [3.8, 4) is 5.75 Å². The van der Waals surface area contributed by atoms with Crippen molar-refractivity contribution in [3.63, 3.8) is 0 Å². The van der Waals surface area contributed by atoms with Gasteiger partial charge in [0.1, 0.15) is 5.75 Å². The molecule has 4 heteroatoms. The SMILES string of the molecule is CCOc1ccc(C(O)CCNCCCOC(C)C)cc1. The Morgan fingerprint density at radius 3 is 2.48 bits per heavy atom. The van der Waals surface area contributed by atoms with E-state index < -0.39 is 6.10 Å². The number of rotatable bonds is 11. The molecule has 21 heavy (non-hydrogen) atoms. The number of hydrogen-bond acceptors (Lipinski definition) is 4. The third-order valence-corrected chi connectivity index (χ3v) is 3.12. The van der Waals surface area contributed by atoms with Crippen molar-refractivity contribution in [2.75, 3.05) is 26.3 Å². The number of aliphatic hydroxyl groups excluding tert-OH is 1. The van der Waals surface area contributed by atoms with E-state index in [1.807, 2.05) is 45.0 Å². The second-order valence-electron chi connectivity index (χ2n) is 5.33. The van der Waals surface area contributed by atoms with Gasteiger partial charge in [0, 0.05) is 6.61 Å².